The van der Waals surface area contributed by atoms with Crippen LogP contribution in [-0.2, 0) is 10.0 Å². The number of sulfonamides is 1. The number of rotatable bonds is 4. The van der Waals surface area contributed by atoms with Crippen LogP contribution in [0.25, 0.3) is 0 Å². The smallest absolute Gasteiger partial charge is 0.225 e. The van der Waals surface area contributed by atoms with Gasteiger partial charge in [0.2, 0.25) is 15.3 Å². The predicted molar refractivity (Wildman–Crippen MR) is 68.8 cm³/mol. The molecular formula is C11H16ClN3O2S. The van der Waals surface area contributed by atoms with Crippen molar-refractivity contribution in [2.24, 2.45) is 5.41 Å². The van der Waals surface area contributed by atoms with Crippen LogP contribution in [0.15, 0.2) is 17.3 Å². The molecule has 0 spiro atoms. The van der Waals surface area contributed by atoms with Crippen molar-refractivity contribution in [3.8, 4) is 0 Å². The van der Waals surface area contributed by atoms with Gasteiger partial charge in [-0.25, -0.2) is 23.1 Å². The third-order valence-electron chi connectivity index (χ3n) is 3.41. The van der Waals surface area contributed by atoms with Crippen LogP contribution < -0.4 is 4.72 Å². The average molecular weight is 290 g/mol. The van der Waals surface area contributed by atoms with Crippen LogP contribution in [0.4, 0.5) is 0 Å². The summed E-state index contributed by atoms with van der Waals surface area (Å²) in [5.74, 6) is 0. The molecule has 1 N–H and O–H groups in total. The van der Waals surface area contributed by atoms with E-state index >= 15 is 0 Å². The summed E-state index contributed by atoms with van der Waals surface area (Å²) in [7, 11) is -3.54. The summed E-state index contributed by atoms with van der Waals surface area (Å²) < 4.78 is 26.6. The maximum absolute atomic E-state index is 12.0. The van der Waals surface area contributed by atoms with Gasteiger partial charge in [-0.15, -0.1) is 0 Å². The van der Waals surface area contributed by atoms with Crippen molar-refractivity contribution in [3.05, 3.63) is 17.7 Å². The van der Waals surface area contributed by atoms with E-state index in [0.717, 1.165) is 12.8 Å². The summed E-state index contributed by atoms with van der Waals surface area (Å²) in [6.45, 7) is 2.57. The van der Waals surface area contributed by atoms with E-state index in [-0.39, 0.29) is 15.6 Å². The summed E-state index contributed by atoms with van der Waals surface area (Å²) >= 11 is 5.53. The summed E-state index contributed by atoms with van der Waals surface area (Å²) in [6, 6.07) is 0. The van der Waals surface area contributed by atoms with Crippen LogP contribution in [0.1, 0.15) is 32.6 Å². The largest absolute Gasteiger partial charge is 0.243 e. The van der Waals surface area contributed by atoms with Gasteiger partial charge in [0, 0.05) is 6.54 Å². The molecule has 0 saturated heterocycles. The van der Waals surface area contributed by atoms with Gasteiger partial charge in [0.15, 0.2) is 0 Å². The van der Waals surface area contributed by atoms with Gasteiger partial charge in [-0.2, -0.15) is 0 Å². The summed E-state index contributed by atoms with van der Waals surface area (Å²) in [5, 5.41) is 0.0386. The lowest BCUT2D eigenvalue weighted by atomic mass is 9.89. The molecule has 0 aromatic carbocycles. The first-order valence-corrected chi connectivity index (χ1v) is 7.75. The quantitative estimate of drug-likeness (QED) is 0.861. The highest BCUT2D eigenvalue weighted by molar-refractivity contribution is 7.89. The second kappa shape index (κ2) is 5.11. The lowest BCUT2D eigenvalue weighted by molar-refractivity contribution is 0.336. The fraction of sp³-hybridized carbons (Fsp3) is 0.636. The Morgan fingerprint density at radius 2 is 1.89 bits per heavy atom. The van der Waals surface area contributed by atoms with E-state index in [4.69, 9.17) is 11.6 Å². The topological polar surface area (TPSA) is 72.0 Å². The van der Waals surface area contributed by atoms with Gasteiger partial charge in [-0.1, -0.05) is 19.8 Å². The van der Waals surface area contributed by atoms with E-state index in [2.05, 4.69) is 21.6 Å². The number of aromatic nitrogens is 2. The standard InChI is InChI=1S/C11H16ClN3O2S/c1-11(4-2-3-5-11)8-15-18(16,17)9-6-13-10(12)14-7-9/h6-7,15H,2-5,8H2,1H3. The average Bonchev–Trinajstić information content (AvgIpc) is 2.75. The molecule has 1 heterocycles. The molecule has 0 radical (unpaired) electrons. The third kappa shape index (κ3) is 3.18. The molecule has 18 heavy (non-hydrogen) atoms. The minimum absolute atomic E-state index is 0.0386. The van der Waals surface area contributed by atoms with E-state index < -0.39 is 10.0 Å². The highest BCUT2D eigenvalue weighted by Crippen LogP contribution is 2.36. The molecule has 2 rings (SSSR count). The lowest BCUT2D eigenvalue weighted by Gasteiger charge is -2.23. The zero-order chi connectivity index (χ0) is 13.2. The van der Waals surface area contributed by atoms with Crippen molar-refractivity contribution < 1.29 is 8.42 Å². The molecular weight excluding hydrogens is 274 g/mol. The maximum atomic E-state index is 12.0. The molecule has 0 bridgehead atoms. The van der Waals surface area contributed by atoms with Gasteiger partial charge in [-0.05, 0) is 29.9 Å². The molecule has 1 aromatic heterocycles. The van der Waals surface area contributed by atoms with Crippen molar-refractivity contribution in [2.75, 3.05) is 6.54 Å². The maximum Gasteiger partial charge on any atom is 0.243 e. The first kappa shape index (κ1) is 13.7. The minimum Gasteiger partial charge on any atom is -0.225 e. The van der Waals surface area contributed by atoms with E-state index in [0.29, 0.717) is 6.54 Å². The molecule has 7 heteroatoms. The fourth-order valence-electron chi connectivity index (χ4n) is 2.20. The Morgan fingerprint density at radius 1 is 1.33 bits per heavy atom. The Morgan fingerprint density at radius 3 is 2.44 bits per heavy atom. The highest BCUT2D eigenvalue weighted by Gasteiger charge is 2.30. The second-order valence-electron chi connectivity index (χ2n) is 5.03. The van der Waals surface area contributed by atoms with Crippen LogP contribution in [0.3, 0.4) is 0 Å². The van der Waals surface area contributed by atoms with Crippen LogP contribution in [-0.4, -0.2) is 24.9 Å². The predicted octanol–water partition coefficient (Wildman–Crippen LogP) is 1.99. The number of nitrogens with zero attached hydrogens (tertiary/aromatic N) is 2. The Labute approximate surface area is 112 Å². The van der Waals surface area contributed by atoms with Crippen molar-refractivity contribution in [3.63, 3.8) is 0 Å². The summed E-state index contributed by atoms with van der Waals surface area (Å²) in [4.78, 5) is 7.40. The van der Waals surface area contributed by atoms with Crippen LogP contribution >= 0.6 is 11.6 Å². The molecule has 0 atom stereocenters. The fourth-order valence-corrected chi connectivity index (χ4v) is 3.38. The number of nitrogens with one attached hydrogen (secondary N) is 1. The Kier molecular flexibility index (Phi) is 3.89. The van der Waals surface area contributed by atoms with Gasteiger partial charge in [0.25, 0.3) is 0 Å². The lowest BCUT2D eigenvalue weighted by Crippen LogP contribution is -2.34. The molecule has 0 amide bonds. The normalized spacial score (nSPS) is 19.0. The van der Waals surface area contributed by atoms with Crippen LogP contribution in [0.2, 0.25) is 5.28 Å². The molecule has 1 aliphatic rings. The number of halogens is 1. The zero-order valence-electron chi connectivity index (χ0n) is 10.2. The van der Waals surface area contributed by atoms with Crippen molar-refractivity contribution in [1.29, 1.82) is 0 Å². The van der Waals surface area contributed by atoms with Crippen LogP contribution in [0, 0.1) is 5.41 Å². The number of hydrogen-bond acceptors (Lipinski definition) is 4. The van der Waals surface area contributed by atoms with Gasteiger partial charge in [-0.3, -0.25) is 0 Å². The van der Waals surface area contributed by atoms with Crippen LogP contribution in [0.5, 0.6) is 0 Å². The SMILES string of the molecule is CC1(CNS(=O)(=O)c2cnc(Cl)nc2)CCCC1. The van der Waals surface area contributed by atoms with Gasteiger partial charge in [0.1, 0.15) is 4.90 Å². The van der Waals surface area contributed by atoms with Crippen molar-refractivity contribution in [2.45, 2.75) is 37.5 Å². The zero-order valence-corrected chi connectivity index (χ0v) is 11.8. The first-order valence-electron chi connectivity index (χ1n) is 5.89. The van der Waals surface area contributed by atoms with Gasteiger partial charge >= 0.3 is 0 Å². The minimum atomic E-state index is -3.54. The van der Waals surface area contributed by atoms with E-state index in [1.165, 1.54) is 25.2 Å². The monoisotopic (exact) mass is 289 g/mol. The summed E-state index contributed by atoms with van der Waals surface area (Å²) in [6.07, 6.45) is 6.90. The van der Waals surface area contributed by atoms with Gasteiger partial charge in [0.05, 0.1) is 12.4 Å². The van der Waals surface area contributed by atoms with E-state index in [9.17, 15) is 8.42 Å². The van der Waals surface area contributed by atoms with E-state index in [1.54, 1.807) is 0 Å². The molecule has 0 unspecified atom stereocenters. The number of hydrogen-bond donors (Lipinski definition) is 1. The molecule has 1 aliphatic carbocycles. The molecule has 1 saturated carbocycles. The molecule has 1 aromatic rings. The van der Waals surface area contributed by atoms with Crippen molar-refractivity contribution in [1.82, 2.24) is 14.7 Å². The Bertz CT molecular complexity index is 510. The highest BCUT2D eigenvalue weighted by atomic mass is 35.5. The third-order valence-corrected chi connectivity index (χ3v) is 4.96. The van der Waals surface area contributed by atoms with E-state index in [1.807, 2.05) is 0 Å². The molecule has 0 aliphatic heterocycles. The second-order valence-corrected chi connectivity index (χ2v) is 7.14. The van der Waals surface area contributed by atoms with Gasteiger partial charge < -0.3 is 0 Å². The molecule has 1 fully saturated rings. The summed E-state index contributed by atoms with van der Waals surface area (Å²) in [5.41, 5.74) is 0.0698. The molecule has 100 valence electrons. The van der Waals surface area contributed by atoms with Crippen molar-refractivity contribution >= 4 is 21.6 Å². The Hall–Kier alpha value is -0.720. The Balaban J connectivity index is 2.05. The first-order chi connectivity index (χ1) is 8.41. The molecule has 5 nitrogen and oxygen atoms in total.